The van der Waals surface area contributed by atoms with Crippen molar-refractivity contribution in [3.05, 3.63) is 53.6 Å². The quantitative estimate of drug-likeness (QED) is 0.600. The van der Waals surface area contributed by atoms with E-state index in [1.807, 2.05) is 0 Å². The monoisotopic (exact) mass is 466 g/mol. The molecule has 1 heterocycles. The lowest BCUT2D eigenvalue weighted by molar-refractivity contribution is -0.149. The predicted molar refractivity (Wildman–Crippen MR) is 116 cm³/mol. The minimum absolute atomic E-state index is 0.110. The Bertz CT molecular complexity index is 1040. The maximum Gasteiger partial charge on any atom is 0.344 e. The van der Waals surface area contributed by atoms with Crippen LogP contribution >= 0.6 is 11.6 Å². The second kappa shape index (κ2) is 10.6. The SMILES string of the molecule is O=C(COC(=O)COc1cccc(Cl)c1)Nc1cccc(S(=O)(=O)N2CCCCC2)c1. The fourth-order valence-electron chi connectivity index (χ4n) is 3.07. The first kappa shape index (κ1) is 23.1. The number of carbonyl (C=O) groups excluding carboxylic acids is 2. The van der Waals surface area contributed by atoms with Gasteiger partial charge in [-0.15, -0.1) is 0 Å². The fourth-order valence-corrected chi connectivity index (χ4v) is 4.82. The van der Waals surface area contributed by atoms with Crippen LogP contribution in [0.2, 0.25) is 5.02 Å². The molecule has 1 amide bonds. The Morgan fingerprint density at radius 3 is 2.48 bits per heavy atom. The Kier molecular flexibility index (Phi) is 7.89. The van der Waals surface area contributed by atoms with E-state index >= 15 is 0 Å². The number of esters is 1. The number of rotatable bonds is 8. The van der Waals surface area contributed by atoms with Crippen LogP contribution in [0.3, 0.4) is 0 Å². The van der Waals surface area contributed by atoms with Crippen molar-refractivity contribution in [2.24, 2.45) is 0 Å². The molecule has 2 aromatic rings. The van der Waals surface area contributed by atoms with E-state index in [1.165, 1.54) is 16.4 Å². The van der Waals surface area contributed by atoms with Gasteiger partial charge in [0.15, 0.2) is 13.2 Å². The van der Waals surface area contributed by atoms with Gasteiger partial charge in [-0.1, -0.05) is 30.2 Å². The van der Waals surface area contributed by atoms with Crippen molar-refractivity contribution >= 4 is 39.2 Å². The van der Waals surface area contributed by atoms with Gasteiger partial charge in [0.25, 0.3) is 5.91 Å². The summed E-state index contributed by atoms with van der Waals surface area (Å²) in [4.78, 5) is 24.0. The molecule has 31 heavy (non-hydrogen) atoms. The average molecular weight is 467 g/mol. The number of nitrogens with zero attached hydrogens (tertiary/aromatic N) is 1. The number of nitrogens with one attached hydrogen (secondary N) is 1. The second-order valence-electron chi connectivity index (χ2n) is 6.95. The van der Waals surface area contributed by atoms with Gasteiger partial charge < -0.3 is 14.8 Å². The molecular weight excluding hydrogens is 444 g/mol. The molecule has 8 nitrogen and oxygen atoms in total. The number of amides is 1. The molecule has 3 rings (SSSR count). The lowest BCUT2D eigenvalue weighted by Gasteiger charge is -2.26. The molecule has 1 saturated heterocycles. The van der Waals surface area contributed by atoms with Crippen LogP contribution in [0.4, 0.5) is 5.69 Å². The van der Waals surface area contributed by atoms with E-state index in [4.69, 9.17) is 21.1 Å². The Morgan fingerprint density at radius 1 is 1.00 bits per heavy atom. The summed E-state index contributed by atoms with van der Waals surface area (Å²) in [7, 11) is -3.61. The normalized spacial score (nSPS) is 14.6. The molecule has 1 fully saturated rings. The van der Waals surface area contributed by atoms with E-state index in [9.17, 15) is 18.0 Å². The van der Waals surface area contributed by atoms with E-state index in [-0.39, 0.29) is 11.5 Å². The van der Waals surface area contributed by atoms with E-state index in [2.05, 4.69) is 5.32 Å². The highest BCUT2D eigenvalue weighted by Gasteiger charge is 2.26. The first-order valence-corrected chi connectivity index (χ1v) is 11.6. The van der Waals surface area contributed by atoms with Gasteiger partial charge >= 0.3 is 5.97 Å². The number of sulfonamides is 1. The maximum absolute atomic E-state index is 12.8. The molecule has 1 aliphatic rings. The number of halogens is 1. The van der Waals surface area contributed by atoms with Crippen LogP contribution in [-0.2, 0) is 24.3 Å². The molecule has 1 N–H and O–H groups in total. The highest BCUT2D eigenvalue weighted by Crippen LogP contribution is 2.23. The zero-order valence-corrected chi connectivity index (χ0v) is 18.3. The molecular formula is C21H23ClN2O6S. The van der Waals surface area contributed by atoms with Gasteiger partial charge in [-0.3, -0.25) is 4.79 Å². The van der Waals surface area contributed by atoms with Crippen molar-refractivity contribution in [1.29, 1.82) is 0 Å². The molecule has 0 atom stereocenters. The highest BCUT2D eigenvalue weighted by atomic mass is 35.5. The number of ether oxygens (including phenoxy) is 2. The minimum Gasteiger partial charge on any atom is -0.482 e. The van der Waals surface area contributed by atoms with Crippen molar-refractivity contribution in [3.63, 3.8) is 0 Å². The van der Waals surface area contributed by atoms with Crippen molar-refractivity contribution in [2.45, 2.75) is 24.2 Å². The third-order valence-corrected chi connectivity index (χ3v) is 6.72. The molecule has 0 aliphatic carbocycles. The number of hydrogen-bond acceptors (Lipinski definition) is 6. The zero-order valence-electron chi connectivity index (χ0n) is 16.8. The molecule has 0 unspecified atom stereocenters. The van der Waals surface area contributed by atoms with E-state index in [0.717, 1.165) is 19.3 Å². The van der Waals surface area contributed by atoms with Crippen LogP contribution in [0, 0.1) is 0 Å². The summed E-state index contributed by atoms with van der Waals surface area (Å²) in [5.74, 6) is -0.916. The van der Waals surface area contributed by atoms with Gasteiger partial charge in [0.1, 0.15) is 5.75 Å². The zero-order chi connectivity index (χ0) is 22.3. The summed E-state index contributed by atoms with van der Waals surface area (Å²) in [5, 5.41) is 3.00. The van der Waals surface area contributed by atoms with E-state index in [1.54, 1.807) is 36.4 Å². The van der Waals surface area contributed by atoms with Crippen molar-refractivity contribution in [3.8, 4) is 5.75 Å². The third kappa shape index (κ3) is 6.68. The molecule has 0 bridgehead atoms. The van der Waals surface area contributed by atoms with Gasteiger partial charge in [0.2, 0.25) is 10.0 Å². The summed E-state index contributed by atoms with van der Waals surface area (Å²) >= 11 is 5.83. The number of benzene rings is 2. The third-order valence-electron chi connectivity index (χ3n) is 4.59. The van der Waals surface area contributed by atoms with Crippen molar-refractivity contribution in [1.82, 2.24) is 4.31 Å². The topological polar surface area (TPSA) is 102 Å². The lowest BCUT2D eigenvalue weighted by Crippen LogP contribution is -2.35. The molecule has 0 saturated carbocycles. The van der Waals surface area contributed by atoms with Crippen LogP contribution in [0.5, 0.6) is 5.75 Å². The lowest BCUT2D eigenvalue weighted by atomic mass is 10.2. The second-order valence-corrected chi connectivity index (χ2v) is 9.32. The first-order valence-electron chi connectivity index (χ1n) is 9.79. The molecule has 1 aliphatic heterocycles. The summed E-state index contributed by atoms with van der Waals surface area (Å²) in [6, 6.07) is 12.5. The van der Waals surface area contributed by atoms with Gasteiger partial charge in [-0.25, -0.2) is 13.2 Å². The van der Waals surface area contributed by atoms with Gasteiger partial charge in [-0.05, 0) is 49.2 Å². The summed E-state index contributed by atoms with van der Waals surface area (Å²) in [6.45, 7) is 0.0796. The Labute approximate surface area is 186 Å². The number of carbonyl (C=O) groups is 2. The van der Waals surface area contributed by atoms with E-state index < -0.39 is 28.5 Å². The fraction of sp³-hybridized carbons (Fsp3) is 0.333. The Hall–Kier alpha value is -2.62. The molecule has 0 spiro atoms. The predicted octanol–water partition coefficient (Wildman–Crippen LogP) is 3.08. The maximum atomic E-state index is 12.8. The molecule has 0 radical (unpaired) electrons. The number of piperidine rings is 1. The van der Waals surface area contributed by atoms with Crippen molar-refractivity contribution < 1.29 is 27.5 Å². The molecule has 2 aromatic carbocycles. The first-order chi connectivity index (χ1) is 14.8. The minimum atomic E-state index is -3.61. The standard InChI is InChI=1S/C21H23ClN2O6S/c22-16-6-4-8-18(12-16)29-15-21(26)30-14-20(25)23-17-7-5-9-19(13-17)31(27,28)24-10-2-1-3-11-24/h4-9,12-13H,1-3,10-11,14-15H2,(H,23,25). The van der Waals surface area contributed by atoms with Crippen molar-refractivity contribution in [2.75, 3.05) is 31.6 Å². The largest absolute Gasteiger partial charge is 0.482 e. The molecule has 10 heteroatoms. The molecule has 166 valence electrons. The van der Waals surface area contributed by atoms with Crippen LogP contribution in [0.15, 0.2) is 53.4 Å². The summed E-state index contributed by atoms with van der Waals surface area (Å²) < 4.78 is 37.1. The van der Waals surface area contributed by atoms with E-state index in [0.29, 0.717) is 29.5 Å². The van der Waals surface area contributed by atoms with Crippen LogP contribution in [0.1, 0.15) is 19.3 Å². The van der Waals surface area contributed by atoms with Gasteiger partial charge in [0, 0.05) is 23.8 Å². The smallest absolute Gasteiger partial charge is 0.344 e. The molecule has 0 aromatic heterocycles. The van der Waals surface area contributed by atoms with Gasteiger partial charge in [-0.2, -0.15) is 4.31 Å². The van der Waals surface area contributed by atoms with Crippen LogP contribution in [0.25, 0.3) is 0 Å². The highest BCUT2D eigenvalue weighted by molar-refractivity contribution is 7.89. The van der Waals surface area contributed by atoms with Crippen LogP contribution < -0.4 is 10.1 Å². The number of hydrogen-bond donors (Lipinski definition) is 1. The Balaban J connectivity index is 1.50. The summed E-state index contributed by atoms with van der Waals surface area (Å²) in [5.41, 5.74) is 0.300. The van der Waals surface area contributed by atoms with Crippen LogP contribution in [-0.4, -0.2) is 50.9 Å². The number of anilines is 1. The average Bonchev–Trinajstić information content (AvgIpc) is 2.77. The van der Waals surface area contributed by atoms with Gasteiger partial charge in [0.05, 0.1) is 4.90 Å². The summed E-state index contributed by atoms with van der Waals surface area (Å²) in [6.07, 6.45) is 2.69. The Morgan fingerprint density at radius 2 is 1.74 bits per heavy atom.